The molecule has 122 valence electrons. The number of methoxy groups -OCH3 is 1. The molecular weight excluding hydrogens is 310 g/mol. The van der Waals surface area contributed by atoms with E-state index in [1.807, 2.05) is 47.5 Å². The fourth-order valence-corrected chi connectivity index (χ4v) is 3.49. The summed E-state index contributed by atoms with van der Waals surface area (Å²) >= 11 is 1.62. The number of hydrogen-bond donors (Lipinski definition) is 0. The molecule has 0 radical (unpaired) electrons. The van der Waals surface area contributed by atoms with Gasteiger partial charge >= 0.3 is 0 Å². The second kappa shape index (κ2) is 7.04. The maximum Gasteiger partial charge on any atom is 0.254 e. The maximum atomic E-state index is 12.5. The van der Waals surface area contributed by atoms with Gasteiger partial charge in [-0.2, -0.15) is 0 Å². The van der Waals surface area contributed by atoms with E-state index < -0.39 is 0 Å². The highest BCUT2D eigenvalue weighted by molar-refractivity contribution is 7.10. The Morgan fingerprint density at radius 2 is 1.91 bits per heavy atom. The van der Waals surface area contributed by atoms with Crippen molar-refractivity contribution in [3.63, 3.8) is 0 Å². The molecular formula is C18H21NO3S. The number of aryl methyl sites for hydroxylation is 1. The van der Waals surface area contributed by atoms with Crippen LogP contribution in [0.4, 0.5) is 0 Å². The van der Waals surface area contributed by atoms with Crippen LogP contribution in [0, 0.1) is 6.92 Å². The third kappa shape index (κ3) is 3.67. The molecule has 0 unspecified atom stereocenters. The molecule has 1 aliphatic heterocycles. The molecule has 1 aromatic heterocycles. The SMILES string of the molecule is COc1ccccc1OC1CCN(C(=O)c2csc(C)c2)CC1. The highest BCUT2D eigenvalue weighted by Crippen LogP contribution is 2.29. The first-order valence-corrected chi connectivity index (χ1v) is 8.69. The van der Waals surface area contributed by atoms with Crippen LogP contribution in [-0.2, 0) is 0 Å². The number of carbonyl (C=O) groups is 1. The van der Waals surface area contributed by atoms with Crippen molar-refractivity contribution in [3.05, 3.63) is 46.2 Å². The first kappa shape index (κ1) is 15.9. The zero-order valence-corrected chi connectivity index (χ0v) is 14.3. The average molecular weight is 331 g/mol. The summed E-state index contributed by atoms with van der Waals surface area (Å²) in [5.41, 5.74) is 0.802. The Labute approximate surface area is 140 Å². The zero-order valence-electron chi connectivity index (χ0n) is 13.5. The van der Waals surface area contributed by atoms with Crippen molar-refractivity contribution >= 4 is 17.2 Å². The number of para-hydroxylation sites is 2. The molecule has 3 rings (SSSR count). The van der Waals surface area contributed by atoms with Crippen LogP contribution in [0.5, 0.6) is 11.5 Å². The third-order valence-corrected chi connectivity index (χ3v) is 4.93. The number of amides is 1. The van der Waals surface area contributed by atoms with Crippen LogP contribution >= 0.6 is 11.3 Å². The molecule has 5 heteroatoms. The number of carbonyl (C=O) groups excluding carboxylic acids is 1. The van der Waals surface area contributed by atoms with Crippen molar-refractivity contribution in [2.75, 3.05) is 20.2 Å². The van der Waals surface area contributed by atoms with Crippen LogP contribution < -0.4 is 9.47 Å². The van der Waals surface area contributed by atoms with E-state index in [9.17, 15) is 4.79 Å². The van der Waals surface area contributed by atoms with E-state index in [1.165, 1.54) is 4.88 Å². The number of rotatable bonds is 4. The molecule has 1 amide bonds. The molecule has 0 spiro atoms. The van der Waals surface area contributed by atoms with Crippen molar-refractivity contribution in [3.8, 4) is 11.5 Å². The van der Waals surface area contributed by atoms with Crippen molar-refractivity contribution in [1.82, 2.24) is 4.90 Å². The van der Waals surface area contributed by atoms with Crippen LogP contribution in [0.1, 0.15) is 28.1 Å². The molecule has 0 aliphatic carbocycles. The lowest BCUT2D eigenvalue weighted by Crippen LogP contribution is -2.41. The summed E-state index contributed by atoms with van der Waals surface area (Å²) in [7, 11) is 1.65. The largest absolute Gasteiger partial charge is 0.493 e. The molecule has 4 nitrogen and oxygen atoms in total. The third-order valence-electron chi connectivity index (χ3n) is 4.07. The highest BCUT2D eigenvalue weighted by Gasteiger charge is 2.25. The van der Waals surface area contributed by atoms with Gasteiger partial charge in [-0.1, -0.05) is 12.1 Å². The lowest BCUT2D eigenvalue weighted by molar-refractivity contribution is 0.0591. The minimum absolute atomic E-state index is 0.125. The molecule has 0 bridgehead atoms. The standard InChI is InChI=1S/C18H21NO3S/c1-13-11-14(12-23-13)18(20)19-9-7-15(8-10-19)22-17-6-4-3-5-16(17)21-2/h3-6,11-12,15H,7-10H2,1-2H3. The topological polar surface area (TPSA) is 38.8 Å². The molecule has 2 heterocycles. The Morgan fingerprint density at radius 1 is 1.22 bits per heavy atom. The van der Waals surface area contributed by atoms with Gasteiger partial charge in [-0.05, 0) is 25.1 Å². The second-order valence-corrected chi connectivity index (χ2v) is 6.82. The summed E-state index contributed by atoms with van der Waals surface area (Å²) in [6.45, 7) is 3.48. The summed E-state index contributed by atoms with van der Waals surface area (Å²) in [5.74, 6) is 1.65. The number of benzene rings is 1. The van der Waals surface area contributed by atoms with Gasteiger partial charge in [0.15, 0.2) is 11.5 Å². The molecule has 1 fully saturated rings. The Morgan fingerprint density at radius 3 is 2.52 bits per heavy atom. The minimum atomic E-state index is 0.125. The van der Waals surface area contributed by atoms with Gasteiger partial charge in [0, 0.05) is 36.2 Å². The molecule has 1 aromatic carbocycles. The number of likely N-dealkylation sites (tertiary alicyclic amines) is 1. The number of hydrogen-bond acceptors (Lipinski definition) is 4. The summed E-state index contributed by atoms with van der Waals surface area (Å²) in [6.07, 6.45) is 1.80. The van der Waals surface area contributed by atoms with E-state index >= 15 is 0 Å². The summed E-state index contributed by atoms with van der Waals surface area (Å²) < 4.78 is 11.4. The number of thiophene rings is 1. The molecule has 0 N–H and O–H groups in total. The Hall–Kier alpha value is -2.01. The smallest absolute Gasteiger partial charge is 0.254 e. The summed E-state index contributed by atoms with van der Waals surface area (Å²) in [4.78, 5) is 15.5. The van der Waals surface area contributed by atoms with Gasteiger partial charge in [0.1, 0.15) is 6.10 Å². The maximum absolute atomic E-state index is 12.5. The van der Waals surface area contributed by atoms with Gasteiger partial charge in [0.2, 0.25) is 0 Å². The van der Waals surface area contributed by atoms with Crippen molar-refractivity contribution in [2.24, 2.45) is 0 Å². The molecule has 0 saturated carbocycles. The minimum Gasteiger partial charge on any atom is -0.493 e. The first-order valence-electron chi connectivity index (χ1n) is 7.81. The average Bonchev–Trinajstić information content (AvgIpc) is 3.02. The Kier molecular flexibility index (Phi) is 4.86. The van der Waals surface area contributed by atoms with Crippen LogP contribution in [0.25, 0.3) is 0 Å². The monoisotopic (exact) mass is 331 g/mol. The van der Waals surface area contributed by atoms with Gasteiger partial charge in [0.25, 0.3) is 5.91 Å². The zero-order chi connectivity index (χ0) is 16.2. The van der Waals surface area contributed by atoms with Gasteiger partial charge in [-0.15, -0.1) is 11.3 Å². The fraction of sp³-hybridized carbons (Fsp3) is 0.389. The molecule has 1 aliphatic rings. The van der Waals surface area contributed by atoms with Crippen LogP contribution in [0.2, 0.25) is 0 Å². The normalized spacial score (nSPS) is 15.5. The predicted molar refractivity (Wildman–Crippen MR) is 91.6 cm³/mol. The van der Waals surface area contributed by atoms with E-state index in [2.05, 4.69) is 0 Å². The van der Waals surface area contributed by atoms with Crippen molar-refractivity contribution in [1.29, 1.82) is 0 Å². The summed E-state index contributed by atoms with van der Waals surface area (Å²) in [5, 5.41) is 1.94. The lowest BCUT2D eigenvalue weighted by atomic mass is 10.1. The quantitative estimate of drug-likeness (QED) is 0.856. The molecule has 1 saturated heterocycles. The van der Waals surface area contributed by atoms with Gasteiger partial charge in [0.05, 0.1) is 12.7 Å². The van der Waals surface area contributed by atoms with E-state index in [-0.39, 0.29) is 12.0 Å². The number of nitrogens with zero attached hydrogens (tertiary/aromatic N) is 1. The highest BCUT2D eigenvalue weighted by atomic mass is 32.1. The van der Waals surface area contributed by atoms with E-state index in [1.54, 1.807) is 18.4 Å². The lowest BCUT2D eigenvalue weighted by Gasteiger charge is -2.32. The van der Waals surface area contributed by atoms with Gasteiger partial charge in [-0.3, -0.25) is 4.79 Å². The number of ether oxygens (including phenoxy) is 2. The fourth-order valence-electron chi connectivity index (χ4n) is 2.81. The molecule has 2 aromatic rings. The Bertz CT molecular complexity index is 674. The first-order chi connectivity index (χ1) is 11.2. The van der Waals surface area contributed by atoms with Gasteiger partial charge < -0.3 is 14.4 Å². The Balaban J connectivity index is 1.57. The molecule has 0 atom stereocenters. The van der Waals surface area contributed by atoms with E-state index in [0.717, 1.165) is 43.0 Å². The van der Waals surface area contributed by atoms with Crippen molar-refractivity contribution < 1.29 is 14.3 Å². The summed E-state index contributed by atoms with van der Waals surface area (Å²) in [6, 6.07) is 9.65. The number of piperidine rings is 1. The molecule has 23 heavy (non-hydrogen) atoms. The van der Waals surface area contributed by atoms with Crippen molar-refractivity contribution in [2.45, 2.75) is 25.9 Å². The van der Waals surface area contributed by atoms with Crippen LogP contribution in [0.3, 0.4) is 0 Å². The van der Waals surface area contributed by atoms with E-state index in [0.29, 0.717) is 0 Å². The van der Waals surface area contributed by atoms with Crippen LogP contribution in [0.15, 0.2) is 35.7 Å². The van der Waals surface area contributed by atoms with Gasteiger partial charge in [-0.25, -0.2) is 0 Å². The predicted octanol–water partition coefficient (Wildman–Crippen LogP) is 3.75. The second-order valence-electron chi connectivity index (χ2n) is 5.71. The van der Waals surface area contributed by atoms with Crippen LogP contribution in [-0.4, -0.2) is 37.1 Å². The van der Waals surface area contributed by atoms with E-state index in [4.69, 9.17) is 9.47 Å².